The highest BCUT2D eigenvalue weighted by Crippen LogP contribution is 2.01. The number of carbonyl (C=O) groups is 2. The largest absolute Gasteiger partial charge is 0.448 e. The van der Waals surface area contributed by atoms with E-state index in [1.165, 1.54) is 0 Å². The van der Waals surface area contributed by atoms with Crippen LogP contribution in [0, 0.1) is 0 Å². The smallest absolute Gasteiger partial charge is 0.409 e. The van der Waals surface area contributed by atoms with Crippen LogP contribution < -0.4 is 5.32 Å². The van der Waals surface area contributed by atoms with Gasteiger partial charge in [-0.1, -0.05) is 0 Å². The number of nitrogens with one attached hydrogen (secondary N) is 1. The van der Waals surface area contributed by atoms with Gasteiger partial charge in [0.2, 0.25) is 0 Å². The monoisotopic (exact) mass is 243 g/mol. The van der Waals surface area contributed by atoms with Crippen molar-refractivity contribution in [3.63, 3.8) is 0 Å². The molecule has 17 heavy (non-hydrogen) atoms. The van der Waals surface area contributed by atoms with Crippen LogP contribution in [0.4, 0.5) is 9.59 Å². The van der Waals surface area contributed by atoms with Crippen molar-refractivity contribution in [2.45, 2.75) is 0 Å². The minimum atomic E-state index is -0.300. The van der Waals surface area contributed by atoms with Crippen molar-refractivity contribution in [2.75, 3.05) is 52.5 Å². The fraction of sp³-hybridized carbons (Fsp3) is 0.800. The minimum absolute atomic E-state index is 0.0964. The molecule has 2 saturated heterocycles. The van der Waals surface area contributed by atoms with E-state index in [1.54, 1.807) is 9.80 Å². The molecule has 0 aliphatic carbocycles. The third-order valence-electron chi connectivity index (χ3n) is 2.80. The van der Waals surface area contributed by atoms with Gasteiger partial charge in [0, 0.05) is 26.2 Å². The summed E-state index contributed by atoms with van der Waals surface area (Å²) in [5.41, 5.74) is 0. The van der Waals surface area contributed by atoms with Gasteiger partial charge < -0.3 is 24.6 Å². The zero-order valence-electron chi connectivity index (χ0n) is 9.68. The summed E-state index contributed by atoms with van der Waals surface area (Å²) in [6, 6.07) is -0.0964. The third-order valence-corrected chi connectivity index (χ3v) is 2.80. The van der Waals surface area contributed by atoms with Gasteiger partial charge in [-0.25, -0.2) is 9.59 Å². The lowest BCUT2D eigenvalue weighted by molar-refractivity contribution is 0.0531. The Morgan fingerprint density at radius 3 is 2.65 bits per heavy atom. The highest BCUT2D eigenvalue weighted by Gasteiger charge is 2.22. The summed E-state index contributed by atoms with van der Waals surface area (Å²) < 4.78 is 9.95. The van der Waals surface area contributed by atoms with Crippen molar-refractivity contribution in [2.24, 2.45) is 0 Å². The highest BCUT2D eigenvalue weighted by atomic mass is 16.6. The molecule has 3 amide bonds. The van der Waals surface area contributed by atoms with Crippen LogP contribution in [0.5, 0.6) is 0 Å². The van der Waals surface area contributed by atoms with Crippen molar-refractivity contribution in [1.29, 1.82) is 0 Å². The van der Waals surface area contributed by atoms with E-state index in [1.807, 2.05) is 0 Å². The van der Waals surface area contributed by atoms with Gasteiger partial charge in [-0.2, -0.15) is 0 Å². The maximum absolute atomic E-state index is 11.7. The molecule has 2 heterocycles. The Balaban J connectivity index is 1.64. The van der Waals surface area contributed by atoms with E-state index in [9.17, 15) is 9.59 Å². The van der Waals surface area contributed by atoms with E-state index >= 15 is 0 Å². The van der Waals surface area contributed by atoms with Crippen molar-refractivity contribution >= 4 is 12.1 Å². The number of carbonyl (C=O) groups excluding carboxylic acids is 2. The first-order valence-corrected chi connectivity index (χ1v) is 5.79. The summed E-state index contributed by atoms with van der Waals surface area (Å²) in [6.45, 7) is 4.41. The quantitative estimate of drug-likeness (QED) is 0.724. The van der Waals surface area contributed by atoms with E-state index in [2.05, 4.69) is 5.32 Å². The second-order valence-electron chi connectivity index (χ2n) is 3.93. The van der Waals surface area contributed by atoms with Gasteiger partial charge in [0.05, 0.1) is 19.8 Å². The Labute approximate surface area is 99.6 Å². The second-order valence-corrected chi connectivity index (χ2v) is 3.93. The molecule has 2 aliphatic rings. The van der Waals surface area contributed by atoms with Gasteiger partial charge in [-0.3, -0.25) is 0 Å². The van der Waals surface area contributed by atoms with Crippen LogP contribution in [0.1, 0.15) is 0 Å². The first kappa shape index (κ1) is 12.0. The molecule has 0 aromatic heterocycles. The number of morpholine rings is 1. The average molecular weight is 243 g/mol. The molecule has 0 radical (unpaired) electrons. The Morgan fingerprint density at radius 2 is 2.00 bits per heavy atom. The number of amides is 3. The summed E-state index contributed by atoms with van der Waals surface area (Å²) in [4.78, 5) is 26.1. The standard InChI is InChI=1S/C10H17N3O4/c14-9(12-3-6-16-7-4-12)11-1-2-13-5-8-17-10(13)15/h1-8H2,(H,11,14). The zero-order chi connectivity index (χ0) is 12.1. The molecule has 0 spiro atoms. The fourth-order valence-electron chi connectivity index (χ4n) is 1.80. The summed E-state index contributed by atoms with van der Waals surface area (Å²) in [5.74, 6) is 0. The van der Waals surface area contributed by atoms with Crippen LogP contribution in [0.15, 0.2) is 0 Å². The number of urea groups is 1. The topological polar surface area (TPSA) is 71.1 Å². The lowest BCUT2D eigenvalue weighted by atomic mass is 10.4. The van der Waals surface area contributed by atoms with Gasteiger partial charge in [-0.05, 0) is 0 Å². The van der Waals surface area contributed by atoms with Gasteiger partial charge in [-0.15, -0.1) is 0 Å². The normalized spacial score (nSPS) is 20.4. The molecule has 96 valence electrons. The highest BCUT2D eigenvalue weighted by molar-refractivity contribution is 5.74. The summed E-state index contributed by atoms with van der Waals surface area (Å²) >= 11 is 0. The van der Waals surface area contributed by atoms with Gasteiger partial charge in [0.25, 0.3) is 0 Å². The van der Waals surface area contributed by atoms with E-state index in [0.717, 1.165) is 0 Å². The van der Waals surface area contributed by atoms with E-state index in [-0.39, 0.29) is 12.1 Å². The summed E-state index contributed by atoms with van der Waals surface area (Å²) in [5, 5.41) is 2.78. The van der Waals surface area contributed by atoms with Crippen molar-refractivity contribution in [1.82, 2.24) is 15.1 Å². The third kappa shape index (κ3) is 3.23. The minimum Gasteiger partial charge on any atom is -0.448 e. The van der Waals surface area contributed by atoms with Crippen LogP contribution in [-0.4, -0.2) is 74.5 Å². The maximum atomic E-state index is 11.7. The maximum Gasteiger partial charge on any atom is 0.409 e. The van der Waals surface area contributed by atoms with E-state index in [0.29, 0.717) is 52.5 Å². The molecule has 2 rings (SSSR count). The first-order chi connectivity index (χ1) is 8.27. The molecule has 0 unspecified atom stereocenters. The SMILES string of the molecule is O=C(NCCN1CCOC1=O)N1CCOCC1. The molecular formula is C10H17N3O4. The Hall–Kier alpha value is -1.50. The van der Waals surface area contributed by atoms with Gasteiger partial charge >= 0.3 is 12.1 Å². The first-order valence-electron chi connectivity index (χ1n) is 5.79. The molecule has 0 saturated carbocycles. The van der Waals surface area contributed by atoms with Gasteiger partial charge in [0.1, 0.15) is 6.61 Å². The molecule has 1 N–H and O–H groups in total. The van der Waals surface area contributed by atoms with Crippen LogP contribution in [-0.2, 0) is 9.47 Å². The van der Waals surface area contributed by atoms with Crippen molar-refractivity contribution in [3.8, 4) is 0 Å². The number of nitrogens with zero attached hydrogens (tertiary/aromatic N) is 2. The number of rotatable bonds is 3. The second kappa shape index (κ2) is 5.72. The summed E-state index contributed by atoms with van der Waals surface area (Å²) in [6.07, 6.45) is -0.300. The van der Waals surface area contributed by atoms with E-state index < -0.39 is 0 Å². The van der Waals surface area contributed by atoms with Crippen LogP contribution in [0.3, 0.4) is 0 Å². The molecule has 0 bridgehead atoms. The lowest BCUT2D eigenvalue weighted by Gasteiger charge is -2.27. The van der Waals surface area contributed by atoms with Crippen molar-refractivity contribution in [3.05, 3.63) is 0 Å². The molecular weight excluding hydrogens is 226 g/mol. The number of hydrogen-bond donors (Lipinski definition) is 1. The number of cyclic esters (lactones) is 1. The fourth-order valence-corrected chi connectivity index (χ4v) is 1.80. The number of ether oxygens (including phenoxy) is 2. The van der Waals surface area contributed by atoms with Crippen LogP contribution in [0.25, 0.3) is 0 Å². The molecule has 7 nitrogen and oxygen atoms in total. The molecule has 2 fully saturated rings. The van der Waals surface area contributed by atoms with Crippen LogP contribution >= 0.6 is 0 Å². The molecule has 0 aromatic carbocycles. The van der Waals surface area contributed by atoms with Crippen molar-refractivity contribution < 1.29 is 19.1 Å². The molecule has 2 aliphatic heterocycles. The summed E-state index contributed by atoms with van der Waals surface area (Å²) in [7, 11) is 0. The predicted molar refractivity (Wildman–Crippen MR) is 58.7 cm³/mol. The molecule has 0 aromatic rings. The molecule has 0 atom stereocenters. The molecule has 7 heteroatoms. The Bertz CT molecular complexity index is 291. The Kier molecular flexibility index (Phi) is 4.03. The number of hydrogen-bond acceptors (Lipinski definition) is 4. The van der Waals surface area contributed by atoms with Crippen LogP contribution in [0.2, 0.25) is 0 Å². The van der Waals surface area contributed by atoms with Gasteiger partial charge in [0.15, 0.2) is 0 Å². The Morgan fingerprint density at radius 1 is 1.24 bits per heavy atom. The van der Waals surface area contributed by atoms with E-state index in [4.69, 9.17) is 9.47 Å². The average Bonchev–Trinajstić information content (AvgIpc) is 2.76. The lowest BCUT2D eigenvalue weighted by Crippen LogP contribution is -2.47. The predicted octanol–water partition coefficient (Wildman–Crippen LogP) is -0.520. The zero-order valence-corrected chi connectivity index (χ0v) is 9.68.